The minimum absolute atomic E-state index is 0.377. The maximum Gasteiger partial charge on any atom is 0.346 e. The highest BCUT2D eigenvalue weighted by Crippen LogP contribution is 2.41. The second-order valence-corrected chi connectivity index (χ2v) is 4.51. The fraction of sp³-hybridized carbons (Fsp3) is 0.333. The molecule has 0 fully saturated rings. The molecule has 0 N–H and O–H groups in total. The highest BCUT2D eigenvalue weighted by atomic mass is 35.5. The van der Waals surface area contributed by atoms with Gasteiger partial charge in [-0.15, -0.1) is 11.6 Å². The third-order valence-electron chi connectivity index (χ3n) is 2.06. The van der Waals surface area contributed by atoms with Gasteiger partial charge in [-0.2, -0.15) is 0 Å². The molecule has 0 heterocycles. The van der Waals surface area contributed by atoms with Crippen LogP contribution in [0.15, 0.2) is 22.5 Å². The van der Waals surface area contributed by atoms with E-state index in [-0.39, 0.29) is 0 Å². The number of hydrogen-bond acceptors (Lipinski definition) is 6. The number of nitro groups is 3. The van der Waals surface area contributed by atoms with E-state index in [1.165, 1.54) is 0 Å². The lowest BCUT2D eigenvalue weighted by molar-refractivity contribution is -0.537. The van der Waals surface area contributed by atoms with Crippen LogP contribution in [0.4, 0.5) is 0 Å². The molecule has 0 aromatic carbocycles. The Bertz CT molecular complexity index is 517. The smallest absolute Gasteiger partial charge is 0.262 e. The van der Waals surface area contributed by atoms with Crippen molar-refractivity contribution in [3.8, 4) is 0 Å². The third-order valence-corrected chi connectivity index (χ3v) is 3.56. The maximum absolute atomic E-state index is 10.8. The first-order valence-electron chi connectivity index (χ1n) is 4.02. The van der Waals surface area contributed by atoms with Crippen LogP contribution in [0.25, 0.3) is 0 Å². The van der Waals surface area contributed by atoms with Gasteiger partial charge in [-0.05, 0) is 11.6 Å². The molecule has 0 aromatic heterocycles. The normalized spacial score (nSPS) is 27.7. The second kappa shape index (κ2) is 4.67. The first-order valence-corrected chi connectivity index (χ1v) is 5.21. The summed E-state index contributed by atoms with van der Waals surface area (Å²) in [6.07, 6.45) is 0.377. The molecule has 0 amide bonds. The molecule has 0 saturated carbocycles. The number of rotatable bonds is 3. The van der Waals surface area contributed by atoms with Gasteiger partial charge >= 0.3 is 5.00 Å². The molecule has 1 aliphatic carbocycles. The molecule has 0 saturated heterocycles. The highest BCUT2D eigenvalue weighted by Gasteiger charge is 2.59. The van der Waals surface area contributed by atoms with Crippen LogP contribution in [0, 0.1) is 30.3 Å². The summed E-state index contributed by atoms with van der Waals surface area (Å²) in [5.41, 5.74) is -2.12. The molecule has 9 nitrogen and oxygen atoms in total. The summed E-state index contributed by atoms with van der Waals surface area (Å²) < 4.78 is 0. The maximum atomic E-state index is 10.8. The molecule has 0 spiro atoms. The lowest BCUT2D eigenvalue weighted by Gasteiger charge is -2.21. The van der Waals surface area contributed by atoms with Crippen molar-refractivity contribution in [1.29, 1.82) is 0 Å². The zero-order valence-electron chi connectivity index (χ0n) is 8.08. The van der Waals surface area contributed by atoms with Crippen LogP contribution in [0.3, 0.4) is 0 Å². The lowest BCUT2D eigenvalue weighted by atomic mass is 10.0. The van der Waals surface area contributed by atoms with E-state index in [0.717, 1.165) is 0 Å². The molecule has 12 heteroatoms. The van der Waals surface area contributed by atoms with E-state index < -0.39 is 41.6 Å². The monoisotopic (exact) mass is 317 g/mol. The molecule has 2 atom stereocenters. The summed E-state index contributed by atoms with van der Waals surface area (Å²) >= 11 is 16.4. The fourth-order valence-electron chi connectivity index (χ4n) is 1.21. The zero-order chi connectivity index (χ0) is 14.2. The molecular weight excluding hydrogens is 316 g/mol. The van der Waals surface area contributed by atoms with Crippen molar-refractivity contribution >= 4 is 34.8 Å². The van der Waals surface area contributed by atoms with Gasteiger partial charge in [0.25, 0.3) is 11.4 Å². The van der Waals surface area contributed by atoms with E-state index in [2.05, 4.69) is 0 Å². The average molecular weight is 318 g/mol. The van der Waals surface area contributed by atoms with Crippen LogP contribution in [0.1, 0.15) is 0 Å². The number of allylic oxidation sites excluding steroid dienone is 1. The van der Waals surface area contributed by atoms with E-state index in [0.29, 0.717) is 6.08 Å². The Balaban J connectivity index is 3.57. The van der Waals surface area contributed by atoms with Crippen molar-refractivity contribution in [2.45, 2.75) is 10.4 Å². The van der Waals surface area contributed by atoms with Crippen LogP contribution in [-0.2, 0) is 0 Å². The summed E-state index contributed by atoms with van der Waals surface area (Å²) in [5, 5.41) is 29.3. The Kier molecular flexibility index (Phi) is 3.79. The summed E-state index contributed by atoms with van der Waals surface area (Å²) in [6.45, 7) is 0. The number of nitrogens with zero attached hydrogens (tertiary/aromatic N) is 3. The summed E-state index contributed by atoms with van der Waals surface area (Å²) in [6, 6.07) is 0. The lowest BCUT2D eigenvalue weighted by Crippen LogP contribution is -2.45. The quantitative estimate of drug-likeness (QED) is 0.337. The molecule has 2 unspecified atom stereocenters. The highest BCUT2D eigenvalue weighted by molar-refractivity contribution is 6.37. The topological polar surface area (TPSA) is 129 Å². The molecule has 98 valence electrons. The Morgan fingerprint density at radius 2 is 1.67 bits per heavy atom. The number of hydrogen-bond donors (Lipinski definition) is 0. The van der Waals surface area contributed by atoms with E-state index in [4.69, 9.17) is 34.8 Å². The van der Waals surface area contributed by atoms with Crippen molar-refractivity contribution < 1.29 is 14.8 Å². The zero-order valence-corrected chi connectivity index (χ0v) is 10.3. The largest absolute Gasteiger partial charge is 0.346 e. The van der Waals surface area contributed by atoms with Crippen LogP contribution in [0.2, 0.25) is 0 Å². The molecule has 0 aromatic rings. The molecule has 1 rings (SSSR count). The summed E-state index contributed by atoms with van der Waals surface area (Å²) in [4.78, 5) is 26.0. The SMILES string of the molecule is O=[N+]([O-])C1=CC(Cl)([N+](=O)[O-])C(Cl)C([N+](=O)[O-])=C1Cl. The van der Waals surface area contributed by atoms with Gasteiger partial charge in [0.15, 0.2) is 5.03 Å². The van der Waals surface area contributed by atoms with Gasteiger partial charge in [-0.25, -0.2) is 0 Å². The van der Waals surface area contributed by atoms with Crippen LogP contribution in [0.5, 0.6) is 0 Å². The second-order valence-electron chi connectivity index (χ2n) is 3.09. The Hall–Kier alpha value is -1.45. The van der Waals surface area contributed by atoms with Gasteiger partial charge in [0, 0.05) is 4.92 Å². The van der Waals surface area contributed by atoms with Crippen LogP contribution in [-0.4, -0.2) is 25.1 Å². The van der Waals surface area contributed by atoms with Gasteiger partial charge in [0.1, 0.15) is 0 Å². The molecule has 0 aliphatic heterocycles. The Morgan fingerprint density at radius 3 is 2.00 bits per heavy atom. The van der Waals surface area contributed by atoms with E-state index in [1.54, 1.807) is 0 Å². The predicted molar refractivity (Wildman–Crippen MR) is 60.2 cm³/mol. The third kappa shape index (κ3) is 2.11. The number of halogens is 3. The van der Waals surface area contributed by atoms with Crippen molar-refractivity contribution in [1.82, 2.24) is 0 Å². The first kappa shape index (κ1) is 14.6. The van der Waals surface area contributed by atoms with Crippen molar-refractivity contribution in [3.05, 3.63) is 52.8 Å². The van der Waals surface area contributed by atoms with Gasteiger partial charge in [-0.1, -0.05) is 11.6 Å². The summed E-state index contributed by atoms with van der Waals surface area (Å²) in [7, 11) is 0. The molecule has 1 aliphatic rings. The van der Waals surface area contributed by atoms with Crippen LogP contribution >= 0.6 is 34.8 Å². The van der Waals surface area contributed by atoms with Crippen LogP contribution < -0.4 is 0 Å². The number of alkyl halides is 2. The standard InChI is InChI=1S/C6H2Cl3N3O6/c7-3-2(10(13)14)1-6(9,12(17)18)5(8)4(3)11(15)16/h1,5H. The minimum atomic E-state index is -2.70. The van der Waals surface area contributed by atoms with E-state index in [9.17, 15) is 30.3 Å². The van der Waals surface area contributed by atoms with Crippen molar-refractivity contribution in [3.63, 3.8) is 0 Å². The van der Waals surface area contributed by atoms with E-state index >= 15 is 0 Å². The van der Waals surface area contributed by atoms with Gasteiger partial charge in [0.05, 0.1) is 15.9 Å². The molecular formula is C6H2Cl3N3O6. The molecule has 0 radical (unpaired) electrons. The van der Waals surface area contributed by atoms with Gasteiger partial charge < -0.3 is 0 Å². The van der Waals surface area contributed by atoms with Crippen molar-refractivity contribution in [2.24, 2.45) is 0 Å². The van der Waals surface area contributed by atoms with Gasteiger partial charge in [-0.3, -0.25) is 30.3 Å². The molecule has 18 heavy (non-hydrogen) atoms. The first-order chi connectivity index (χ1) is 8.12. The average Bonchev–Trinajstić information content (AvgIpc) is 2.22. The summed E-state index contributed by atoms with van der Waals surface area (Å²) in [5.74, 6) is 0. The van der Waals surface area contributed by atoms with Crippen molar-refractivity contribution in [2.75, 3.05) is 0 Å². The Labute approximate surface area is 113 Å². The van der Waals surface area contributed by atoms with E-state index in [1.807, 2.05) is 0 Å². The molecule has 0 bridgehead atoms. The van der Waals surface area contributed by atoms with Gasteiger partial charge in [0.2, 0.25) is 5.38 Å². The fourth-order valence-corrected chi connectivity index (χ4v) is 2.11. The predicted octanol–water partition coefficient (Wildman–Crippen LogP) is 1.71. The Morgan fingerprint density at radius 1 is 1.17 bits per heavy atom. The minimum Gasteiger partial charge on any atom is -0.262 e.